The molecule has 0 amide bonds. The third kappa shape index (κ3) is 4.35. The van der Waals surface area contributed by atoms with E-state index in [0.29, 0.717) is 15.9 Å². The van der Waals surface area contributed by atoms with E-state index in [4.69, 9.17) is 21.1 Å². The number of aromatic amines is 1. The van der Waals surface area contributed by atoms with Gasteiger partial charge in [-0.15, -0.1) is 0 Å². The van der Waals surface area contributed by atoms with Crippen LogP contribution in [0.1, 0.15) is 5.56 Å². The van der Waals surface area contributed by atoms with Gasteiger partial charge >= 0.3 is 0 Å². The van der Waals surface area contributed by atoms with E-state index in [1.807, 2.05) is 0 Å². The molecule has 0 saturated heterocycles. The van der Waals surface area contributed by atoms with Gasteiger partial charge in [-0.25, -0.2) is 21.9 Å². The van der Waals surface area contributed by atoms with Crippen molar-refractivity contribution in [1.82, 2.24) is 15.0 Å². The molecule has 1 unspecified atom stereocenters. The highest BCUT2D eigenvalue weighted by molar-refractivity contribution is 7.93. The molecule has 0 aliphatic rings. The van der Waals surface area contributed by atoms with Crippen LogP contribution >= 0.6 is 11.6 Å². The maximum absolute atomic E-state index is 13.5. The lowest BCUT2D eigenvalue weighted by atomic mass is 10.1. The maximum atomic E-state index is 13.5. The van der Waals surface area contributed by atoms with Gasteiger partial charge in [-0.3, -0.25) is 0 Å². The SMILES string of the molecule is COc1nc(NS(=O)(=O)c2c[nH]c3cc(Cl)ccc23)nc(OC)c1CC(F)CF. The van der Waals surface area contributed by atoms with E-state index < -0.39 is 22.9 Å². The number of alkyl halides is 2. The standard InChI is InChI=1S/C17H17ClF2N4O4S/c1-27-15-12(6-10(20)7-19)16(28-2)23-17(22-15)24-29(25,26)14-8-21-13-5-9(18)3-4-11(13)14/h3-5,8,10,21H,6-7H2,1-2H3,(H,22,23,24). The summed E-state index contributed by atoms with van der Waals surface area (Å²) in [6.45, 7) is -1.20. The molecule has 2 heterocycles. The van der Waals surface area contributed by atoms with Gasteiger partial charge in [0, 0.05) is 28.5 Å². The minimum absolute atomic E-state index is 0.0453. The summed E-state index contributed by atoms with van der Waals surface area (Å²) in [7, 11) is -1.58. The molecule has 0 saturated carbocycles. The smallest absolute Gasteiger partial charge is 0.266 e. The van der Waals surface area contributed by atoms with E-state index in [1.54, 1.807) is 18.2 Å². The maximum Gasteiger partial charge on any atom is 0.266 e. The molecule has 29 heavy (non-hydrogen) atoms. The number of H-pyrrole nitrogens is 1. The molecular weight excluding hydrogens is 430 g/mol. The molecule has 0 aliphatic heterocycles. The number of fused-ring (bicyclic) bond motifs is 1. The Morgan fingerprint density at radius 3 is 2.48 bits per heavy atom. The zero-order valence-corrected chi connectivity index (χ0v) is 16.9. The lowest BCUT2D eigenvalue weighted by Crippen LogP contribution is -2.17. The minimum atomic E-state index is -4.09. The first-order valence-corrected chi connectivity index (χ1v) is 10.1. The van der Waals surface area contributed by atoms with Crippen LogP contribution in [0.4, 0.5) is 14.7 Å². The second-order valence-electron chi connectivity index (χ2n) is 5.95. The fraction of sp³-hybridized carbons (Fsp3) is 0.294. The van der Waals surface area contributed by atoms with Crippen LogP contribution in [0.3, 0.4) is 0 Å². The lowest BCUT2D eigenvalue weighted by Gasteiger charge is -2.14. The van der Waals surface area contributed by atoms with E-state index in [9.17, 15) is 17.2 Å². The van der Waals surface area contributed by atoms with Crippen LogP contribution in [-0.2, 0) is 16.4 Å². The van der Waals surface area contributed by atoms with Crippen molar-refractivity contribution in [3.8, 4) is 11.8 Å². The second kappa shape index (κ2) is 8.37. The third-order valence-corrected chi connectivity index (χ3v) is 5.64. The highest BCUT2D eigenvalue weighted by Crippen LogP contribution is 2.31. The van der Waals surface area contributed by atoms with E-state index >= 15 is 0 Å². The van der Waals surface area contributed by atoms with Crippen molar-refractivity contribution in [3.05, 3.63) is 35.0 Å². The molecule has 3 rings (SSSR count). The Morgan fingerprint density at radius 2 is 1.90 bits per heavy atom. The van der Waals surface area contributed by atoms with Crippen LogP contribution < -0.4 is 14.2 Å². The molecule has 0 aliphatic carbocycles. The van der Waals surface area contributed by atoms with Crippen molar-refractivity contribution in [1.29, 1.82) is 0 Å². The molecule has 8 nitrogen and oxygen atoms in total. The Labute approximate surface area is 170 Å². The predicted octanol–water partition coefficient (Wildman–Crippen LogP) is 3.28. The number of nitrogens with one attached hydrogen (secondary N) is 2. The van der Waals surface area contributed by atoms with Crippen molar-refractivity contribution >= 4 is 38.5 Å². The first-order chi connectivity index (χ1) is 13.8. The highest BCUT2D eigenvalue weighted by Gasteiger charge is 2.24. The molecule has 0 bridgehead atoms. The Kier molecular flexibility index (Phi) is 6.08. The van der Waals surface area contributed by atoms with Crippen LogP contribution in [0.15, 0.2) is 29.3 Å². The van der Waals surface area contributed by atoms with Crippen molar-refractivity contribution in [3.63, 3.8) is 0 Å². The van der Waals surface area contributed by atoms with Gasteiger partial charge in [-0.2, -0.15) is 9.97 Å². The number of hydrogen-bond acceptors (Lipinski definition) is 6. The fourth-order valence-electron chi connectivity index (χ4n) is 2.75. The number of ether oxygens (including phenoxy) is 2. The highest BCUT2D eigenvalue weighted by atomic mass is 35.5. The van der Waals surface area contributed by atoms with Gasteiger partial charge in [0.2, 0.25) is 17.7 Å². The fourth-order valence-corrected chi connectivity index (χ4v) is 4.04. The van der Waals surface area contributed by atoms with E-state index in [0.717, 1.165) is 0 Å². The molecule has 3 aromatic rings. The van der Waals surface area contributed by atoms with Crippen molar-refractivity contribution in [2.75, 3.05) is 25.6 Å². The largest absolute Gasteiger partial charge is 0.481 e. The predicted molar refractivity (Wildman–Crippen MR) is 104 cm³/mol. The van der Waals surface area contributed by atoms with Gasteiger partial charge in [0.15, 0.2) is 0 Å². The molecule has 0 fully saturated rings. The molecule has 1 atom stereocenters. The zero-order valence-electron chi connectivity index (χ0n) is 15.4. The summed E-state index contributed by atoms with van der Waals surface area (Å²) in [5, 5.41) is 0.866. The number of nitrogens with zero attached hydrogens (tertiary/aromatic N) is 2. The molecule has 156 valence electrons. The number of halogens is 3. The van der Waals surface area contributed by atoms with Crippen LogP contribution in [0.5, 0.6) is 11.8 Å². The van der Waals surface area contributed by atoms with Gasteiger partial charge in [-0.1, -0.05) is 11.6 Å². The number of hydrogen-bond donors (Lipinski definition) is 2. The third-order valence-electron chi connectivity index (χ3n) is 4.03. The van der Waals surface area contributed by atoms with Gasteiger partial charge in [0.05, 0.1) is 19.8 Å². The van der Waals surface area contributed by atoms with E-state index in [2.05, 4.69) is 19.7 Å². The van der Waals surface area contributed by atoms with Crippen molar-refractivity contribution < 1.29 is 26.7 Å². The van der Waals surface area contributed by atoms with E-state index in [1.165, 1.54) is 20.4 Å². The number of methoxy groups -OCH3 is 2. The number of benzene rings is 1. The number of rotatable bonds is 8. The van der Waals surface area contributed by atoms with Gasteiger partial charge in [0.25, 0.3) is 10.0 Å². The number of aromatic nitrogens is 3. The van der Waals surface area contributed by atoms with Crippen LogP contribution in [0.25, 0.3) is 10.9 Å². The molecule has 2 N–H and O–H groups in total. The molecular formula is C17H17ClF2N4O4S. The van der Waals surface area contributed by atoms with Crippen LogP contribution in [0.2, 0.25) is 5.02 Å². The summed E-state index contributed by atoms with van der Waals surface area (Å²) in [6, 6.07) is 4.71. The van der Waals surface area contributed by atoms with Crippen LogP contribution in [-0.4, -0.2) is 50.4 Å². The first kappa shape index (κ1) is 21.1. The summed E-state index contributed by atoms with van der Waals surface area (Å²) in [5.74, 6) is -0.603. The topological polar surface area (TPSA) is 106 Å². The Morgan fingerprint density at radius 1 is 1.24 bits per heavy atom. The molecule has 1 aromatic carbocycles. The molecule has 0 radical (unpaired) electrons. The van der Waals surface area contributed by atoms with Gasteiger partial charge < -0.3 is 14.5 Å². The second-order valence-corrected chi connectivity index (χ2v) is 8.04. The summed E-state index contributed by atoms with van der Waals surface area (Å²) in [6.07, 6.45) is -0.887. The Bertz CT molecular complexity index is 1110. The normalized spacial score (nSPS) is 12.7. The van der Waals surface area contributed by atoms with E-state index in [-0.39, 0.29) is 34.6 Å². The quantitative estimate of drug-likeness (QED) is 0.550. The average molecular weight is 447 g/mol. The summed E-state index contributed by atoms with van der Waals surface area (Å²) in [5.41, 5.74) is 0.620. The van der Waals surface area contributed by atoms with Gasteiger partial charge in [-0.05, 0) is 18.2 Å². The monoisotopic (exact) mass is 446 g/mol. The first-order valence-electron chi connectivity index (χ1n) is 8.27. The number of anilines is 1. The molecule has 2 aromatic heterocycles. The zero-order chi connectivity index (χ0) is 21.2. The van der Waals surface area contributed by atoms with Gasteiger partial charge in [0.1, 0.15) is 17.7 Å². The van der Waals surface area contributed by atoms with Crippen LogP contribution in [0, 0.1) is 0 Å². The lowest BCUT2D eigenvalue weighted by molar-refractivity contribution is 0.253. The molecule has 12 heteroatoms. The Balaban J connectivity index is 2.00. The number of sulfonamides is 1. The Hall–Kier alpha value is -2.66. The molecule has 0 spiro atoms. The van der Waals surface area contributed by atoms with Crippen molar-refractivity contribution in [2.45, 2.75) is 17.5 Å². The summed E-state index contributed by atoms with van der Waals surface area (Å²) in [4.78, 5) is 10.7. The average Bonchev–Trinajstić information content (AvgIpc) is 3.12. The van der Waals surface area contributed by atoms with Crippen molar-refractivity contribution in [2.24, 2.45) is 0 Å². The summed E-state index contributed by atoms with van der Waals surface area (Å²) >= 11 is 5.92. The minimum Gasteiger partial charge on any atom is -0.481 e. The summed E-state index contributed by atoms with van der Waals surface area (Å²) < 4.78 is 64.2.